The van der Waals surface area contributed by atoms with Crippen molar-refractivity contribution in [2.45, 2.75) is 46.1 Å². The number of carboxylic acid groups (broad SMARTS) is 1. The molecular weight excluding hydrogens is 189 g/mol. The quantitative estimate of drug-likeness (QED) is 0.569. The molecule has 0 aromatic rings. The van der Waals surface area contributed by atoms with Crippen LogP contribution in [0.4, 0.5) is 0 Å². The Bertz CT molecular complexity index is 326. The molecule has 0 spiro atoms. The Kier molecular flexibility index (Phi) is 2.58. The third kappa shape index (κ3) is 5.56. The largest absolute Gasteiger partial charge is 0.481 e. The Labute approximate surface area is 89.9 Å². The predicted molar refractivity (Wildman–Crippen MR) is 51.9 cm³/mol. The average Bonchev–Trinajstić information content (AvgIpc) is 2.12. The lowest BCUT2D eigenvalue weighted by atomic mass is 10.2. The van der Waals surface area contributed by atoms with E-state index in [0.29, 0.717) is 0 Å². The maximum absolute atomic E-state index is 11.5. The van der Waals surface area contributed by atoms with Crippen molar-refractivity contribution in [1.82, 2.24) is 0 Å². The summed E-state index contributed by atoms with van der Waals surface area (Å²) >= 11 is 0. The number of carboxylic acids is 1. The van der Waals surface area contributed by atoms with Gasteiger partial charge in [-0.15, -0.1) is 0 Å². The highest BCUT2D eigenvalue weighted by atomic mass is 16.6. The molecule has 0 bridgehead atoms. The van der Waals surface area contributed by atoms with Crippen LogP contribution >= 0.6 is 0 Å². The molecule has 0 aromatic heterocycles. The topological polar surface area (TPSA) is 63.6 Å². The second-order valence-electron chi connectivity index (χ2n) is 3.76. The fourth-order valence-corrected chi connectivity index (χ4v) is 0.739. The van der Waals surface area contributed by atoms with Crippen molar-refractivity contribution < 1.29 is 24.9 Å². The van der Waals surface area contributed by atoms with Gasteiger partial charge >= 0.3 is 11.9 Å². The van der Waals surface area contributed by atoms with Gasteiger partial charge < -0.3 is 9.84 Å². The van der Waals surface area contributed by atoms with Crippen LogP contribution < -0.4 is 0 Å². The van der Waals surface area contributed by atoms with E-state index in [0.717, 1.165) is 0 Å². The van der Waals surface area contributed by atoms with Crippen molar-refractivity contribution in [3.63, 3.8) is 0 Å². The van der Waals surface area contributed by atoms with Crippen LogP contribution in [0.1, 0.15) is 45.9 Å². The Morgan fingerprint density at radius 3 is 2.57 bits per heavy atom. The van der Waals surface area contributed by atoms with Gasteiger partial charge in [-0.2, -0.15) is 0 Å². The number of carbonyl (C=O) groups excluding carboxylic acids is 1. The molecule has 0 aromatic carbocycles. The molecule has 0 saturated heterocycles. The third-order valence-electron chi connectivity index (χ3n) is 1.23. The van der Waals surface area contributed by atoms with Gasteiger partial charge in [-0.1, -0.05) is 6.88 Å². The summed E-state index contributed by atoms with van der Waals surface area (Å²) in [6.45, 7) is 2.94. The highest BCUT2D eigenvalue weighted by molar-refractivity contribution is 5.78. The molecule has 0 radical (unpaired) electrons. The standard InChI is InChI=1S/C10H18O4/c1-5-7(9(12)13)6-8(11)14-10(2,3)4/h7H,5-6H2,1-4H3,(H,12,13)/t7-/m0/s1/i1+1D2,5+1D,6+1,7+1D,8+1/t5?,7-. The molecule has 0 fully saturated rings. The van der Waals surface area contributed by atoms with Gasteiger partial charge in [0.2, 0.25) is 0 Å². The number of hydrogen-bond acceptors (Lipinski definition) is 3. The molecule has 4 nitrogen and oxygen atoms in total. The van der Waals surface area contributed by atoms with Crippen LogP contribution in [0.15, 0.2) is 0 Å². The molecule has 82 valence electrons. The number of rotatable bonds is 4. The highest BCUT2D eigenvalue weighted by Gasteiger charge is 2.23. The van der Waals surface area contributed by atoms with E-state index >= 15 is 0 Å². The predicted octanol–water partition coefficient (Wildman–Crippen LogP) is 1.83. The highest BCUT2D eigenvalue weighted by Crippen LogP contribution is 2.14. The van der Waals surface area contributed by atoms with Crippen molar-refractivity contribution in [2.75, 3.05) is 0 Å². The smallest absolute Gasteiger partial charge is 0.307 e. The normalized spacial score (nSPS) is 22.3. The zero-order valence-corrected chi connectivity index (χ0v) is 8.53. The molecule has 1 N–H and O–H groups in total. The summed E-state index contributed by atoms with van der Waals surface area (Å²) < 4.78 is 33.9. The minimum atomic E-state index is -2.55. The maximum Gasteiger partial charge on any atom is 0.307 e. The zero-order valence-electron chi connectivity index (χ0n) is 12.5. The molecule has 0 heterocycles. The van der Waals surface area contributed by atoms with Gasteiger partial charge in [-0.05, 0) is 27.2 Å². The van der Waals surface area contributed by atoms with E-state index in [1.807, 2.05) is 0 Å². The average molecular weight is 211 g/mol. The van der Waals surface area contributed by atoms with E-state index in [4.69, 9.17) is 15.3 Å². The van der Waals surface area contributed by atoms with E-state index in [-0.39, 0.29) is 0 Å². The SMILES string of the molecule is [2H][13CH]([2H])[13CH]([2H])[13C@@]([2H])([13CH2][13C](=O)OC(C)(C)C)C(=O)O. The van der Waals surface area contributed by atoms with E-state index in [1.54, 1.807) is 20.8 Å². The summed E-state index contributed by atoms with van der Waals surface area (Å²) in [6.07, 6.45) is -2.72. The molecule has 2 atom stereocenters. The molecule has 0 amide bonds. The molecule has 0 aliphatic heterocycles. The molecule has 0 aliphatic rings. The van der Waals surface area contributed by atoms with Crippen molar-refractivity contribution in [3.8, 4) is 0 Å². The first kappa shape index (κ1) is 7.26. The Morgan fingerprint density at radius 2 is 2.21 bits per heavy atom. The van der Waals surface area contributed by atoms with Gasteiger partial charge in [0.1, 0.15) is 5.60 Å². The maximum atomic E-state index is 11.5. The fraction of sp³-hybridized carbons (Fsp3) is 0.800. The summed E-state index contributed by atoms with van der Waals surface area (Å²) in [7, 11) is 0. The van der Waals surface area contributed by atoms with Gasteiger partial charge in [-0.3, -0.25) is 9.59 Å². The lowest BCUT2D eigenvalue weighted by Gasteiger charge is -2.20. The monoisotopic (exact) mass is 211 g/mol. The van der Waals surface area contributed by atoms with Crippen molar-refractivity contribution >= 4 is 11.9 Å². The van der Waals surface area contributed by atoms with Crippen LogP contribution in [0.25, 0.3) is 0 Å². The summed E-state index contributed by atoms with van der Waals surface area (Å²) in [5.74, 6) is -5.19. The first-order valence-corrected chi connectivity index (χ1v) is 4.12. The van der Waals surface area contributed by atoms with Gasteiger partial charge in [0.05, 0.1) is 12.3 Å². The molecule has 0 rings (SSSR count). The van der Waals surface area contributed by atoms with E-state index < -0.39 is 43.1 Å². The van der Waals surface area contributed by atoms with Crippen molar-refractivity contribution in [3.05, 3.63) is 0 Å². The summed E-state index contributed by atoms with van der Waals surface area (Å²) in [5.41, 5.74) is -0.824. The van der Waals surface area contributed by atoms with Crippen LogP contribution in [0.5, 0.6) is 0 Å². The molecule has 1 unspecified atom stereocenters. The molecular formula is C10H18O4. The van der Waals surface area contributed by atoms with E-state index in [2.05, 4.69) is 0 Å². The van der Waals surface area contributed by atoms with Gasteiger partial charge in [-0.25, -0.2) is 0 Å². The first-order chi connectivity index (χ1) is 7.90. The van der Waals surface area contributed by atoms with Gasteiger partial charge in [0.25, 0.3) is 0 Å². The van der Waals surface area contributed by atoms with Gasteiger partial charge in [0, 0.05) is 5.48 Å². The summed E-state index contributed by atoms with van der Waals surface area (Å²) in [4.78, 5) is 22.5. The van der Waals surface area contributed by atoms with Crippen LogP contribution in [-0.2, 0) is 14.3 Å². The first-order valence-electron chi connectivity index (χ1n) is 6.35. The molecule has 0 aliphatic carbocycles. The second kappa shape index (κ2) is 4.98. The second-order valence-corrected chi connectivity index (χ2v) is 3.76. The van der Waals surface area contributed by atoms with Crippen molar-refractivity contribution in [1.29, 1.82) is 0 Å². The third-order valence-corrected chi connectivity index (χ3v) is 1.23. The van der Waals surface area contributed by atoms with Crippen LogP contribution in [0.2, 0.25) is 0 Å². The molecule has 0 saturated carbocycles. The van der Waals surface area contributed by atoms with Crippen LogP contribution in [0.3, 0.4) is 0 Å². The Morgan fingerprint density at radius 1 is 1.64 bits per heavy atom. The Hall–Kier alpha value is -1.06. The van der Waals surface area contributed by atoms with E-state index in [1.165, 1.54) is 0 Å². The number of hydrogen-bond donors (Lipinski definition) is 1. The van der Waals surface area contributed by atoms with E-state index in [9.17, 15) is 9.59 Å². The molecule has 14 heavy (non-hydrogen) atoms. The number of aliphatic carboxylic acids is 1. The summed E-state index contributed by atoms with van der Waals surface area (Å²) in [5, 5.41) is 8.92. The zero-order chi connectivity index (χ0) is 14.7. The number of esters is 1. The molecule has 4 heteroatoms. The number of ether oxygens (including phenoxy) is 1. The van der Waals surface area contributed by atoms with Crippen molar-refractivity contribution in [2.24, 2.45) is 5.89 Å². The van der Waals surface area contributed by atoms with Gasteiger partial charge in [0.15, 0.2) is 0 Å². The number of carbonyl (C=O) groups is 2. The fourth-order valence-electron chi connectivity index (χ4n) is 0.739. The van der Waals surface area contributed by atoms with Crippen LogP contribution in [0, 0.1) is 5.89 Å². The Balaban J connectivity index is 4.95. The lowest BCUT2D eigenvalue weighted by Crippen LogP contribution is -2.27. The minimum Gasteiger partial charge on any atom is -0.481 e. The summed E-state index contributed by atoms with van der Waals surface area (Å²) in [6, 6.07) is 0. The minimum absolute atomic E-state index is 0.824. The lowest BCUT2D eigenvalue weighted by molar-refractivity contribution is -0.159. The van der Waals surface area contributed by atoms with Crippen LogP contribution in [-0.4, -0.2) is 22.6 Å².